The molecule has 0 saturated carbocycles. The molecule has 0 bridgehead atoms. The highest BCUT2D eigenvalue weighted by molar-refractivity contribution is 5.85. The Morgan fingerprint density at radius 2 is 2.17 bits per heavy atom. The van der Waals surface area contributed by atoms with Crippen molar-refractivity contribution in [2.24, 2.45) is 5.73 Å². The molecule has 4 N–H and O–H groups in total. The molecule has 1 heterocycles. The average Bonchev–Trinajstić information content (AvgIpc) is 2.62. The quantitative estimate of drug-likeness (QED) is 0.776. The zero-order valence-electron chi connectivity index (χ0n) is 10.7. The molecule has 4 nitrogen and oxygen atoms in total. The third kappa shape index (κ3) is 2.38. The SMILES string of the molecule is Cc1[nH]c2ccc(C(N)CCC(=O)O)cc2c1C. The lowest BCUT2D eigenvalue weighted by Gasteiger charge is -2.10. The Balaban J connectivity index is 2.28. The number of aliphatic carboxylic acids is 1. The van der Waals surface area contributed by atoms with Crippen LogP contribution < -0.4 is 5.73 Å². The van der Waals surface area contributed by atoms with Gasteiger partial charge in [-0.2, -0.15) is 0 Å². The van der Waals surface area contributed by atoms with Crippen molar-refractivity contribution in [1.29, 1.82) is 0 Å². The Bertz CT molecular complexity index is 587. The predicted molar refractivity (Wildman–Crippen MR) is 71.6 cm³/mol. The minimum Gasteiger partial charge on any atom is -0.481 e. The van der Waals surface area contributed by atoms with Crippen LogP contribution in [0.1, 0.15) is 35.7 Å². The fourth-order valence-electron chi connectivity index (χ4n) is 2.16. The molecule has 0 fully saturated rings. The second kappa shape index (κ2) is 4.82. The van der Waals surface area contributed by atoms with E-state index in [1.54, 1.807) is 0 Å². The van der Waals surface area contributed by atoms with Crippen LogP contribution >= 0.6 is 0 Å². The van der Waals surface area contributed by atoms with Crippen molar-refractivity contribution in [3.63, 3.8) is 0 Å². The molecule has 0 aliphatic heterocycles. The average molecular weight is 246 g/mol. The summed E-state index contributed by atoms with van der Waals surface area (Å²) >= 11 is 0. The molecule has 1 atom stereocenters. The van der Waals surface area contributed by atoms with Gasteiger partial charge in [-0.15, -0.1) is 0 Å². The van der Waals surface area contributed by atoms with Crippen LogP contribution in [-0.4, -0.2) is 16.1 Å². The highest BCUT2D eigenvalue weighted by Crippen LogP contribution is 2.25. The van der Waals surface area contributed by atoms with Crippen molar-refractivity contribution in [3.8, 4) is 0 Å². The fraction of sp³-hybridized carbons (Fsp3) is 0.357. The van der Waals surface area contributed by atoms with E-state index in [2.05, 4.69) is 18.0 Å². The van der Waals surface area contributed by atoms with Gasteiger partial charge in [-0.25, -0.2) is 0 Å². The van der Waals surface area contributed by atoms with E-state index in [1.165, 1.54) is 5.56 Å². The third-order valence-corrected chi connectivity index (χ3v) is 3.43. The van der Waals surface area contributed by atoms with Crippen LogP contribution in [0.2, 0.25) is 0 Å². The largest absolute Gasteiger partial charge is 0.481 e. The van der Waals surface area contributed by atoms with E-state index in [0.717, 1.165) is 22.2 Å². The number of H-pyrrole nitrogens is 1. The number of aromatic amines is 1. The zero-order valence-corrected chi connectivity index (χ0v) is 10.7. The molecule has 4 heteroatoms. The van der Waals surface area contributed by atoms with E-state index in [1.807, 2.05) is 19.1 Å². The minimum absolute atomic E-state index is 0.102. The van der Waals surface area contributed by atoms with E-state index < -0.39 is 5.97 Å². The molecule has 96 valence electrons. The topological polar surface area (TPSA) is 79.1 Å². The van der Waals surface area contributed by atoms with Gasteiger partial charge in [0, 0.05) is 29.1 Å². The van der Waals surface area contributed by atoms with Crippen LogP contribution in [-0.2, 0) is 4.79 Å². The lowest BCUT2D eigenvalue weighted by Crippen LogP contribution is -2.12. The number of carbonyl (C=O) groups is 1. The molecule has 0 aliphatic rings. The van der Waals surface area contributed by atoms with Crippen molar-refractivity contribution in [2.45, 2.75) is 32.7 Å². The highest BCUT2D eigenvalue weighted by atomic mass is 16.4. The van der Waals surface area contributed by atoms with Gasteiger partial charge in [-0.05, 0) is 43.5 Å². The molecule has 18 heavy (non-hydrogen) atoms. The number of carboxylic acid groups (broad SMARTS) is 1. The van der Waals surface area contributed by atoms with E-state index in [-0.39, 0.29) is 12.5 Å². The van der Waals surface area contributed by atoms with Crippen molar-refractivity contribution in [3.05, 3.63) is 35.0 Å². The van der Waals surface area contributed by atoms with Crippen LogP contribution in [0.3, 0.4) is 0 Å². The molecule has 0 radical (unpaired) electrons. The van der Waals surface area contributed by atoms with E-state index >= 15 is 0 Å². The van der Waals surface area contributed by atoms with Gasteiger partial charge in [-0.1, -0.05) is 6.07 Å². The minimum atomic E-state index is -0.805. The summed E-state index contributed by atoms with van der Waals surface area (Å²) < 4.78 is 0. The Hall–Kier alpha value is -1.81. The Labute approximate surface area is 106 Å². The summed E-state index contributed by atoms with van der Waals surface area (Å²) in [5, 5.41) is 9.83. The second-order valence-electron chi connectivity index (χ2n) is 4.72. The number of nitrogens with two attached hydrogens (primary N) is 1. The molecule has 0 spiro atoms. The summed E-state index contributed by atoms with van der Waals surface area (Å²) in [5.41, 5.74) is 10.5. The molecule has 0 aliphatic carbocycles. The molecule has 0 amide bonds. The summed E-state index contributed by atoms with van der Waals surface area (Å²) in [5.74, 6) is -0.805. The lowest BCUT2D eigenvalue weighted by atomic mass is 10.0. The first-order chi connectivity index (χ1) is 8.49. The van der Waals surface area contributed by atoms with Gasteiger partial charge in [-0.3, -0.25) is 4.79 Å². The fourth-order valence-corrected chi connectivity index (χ4v) is 2.16. The number of benzene rings is 1. The van der Waals surface area contributed by atoms with Gasteiger partial charge in [0.05, 0.1) is 0 Å². The number of hydrogen-bond donors (Lipinski definition) is 3. The summed E-state index contributed by atoms with van der Waals surface area (Å²) in [4.78, 5) is 13.9. The van der Waals surface area contributed by atoms with Gasteiger partial charge < -0.3 is 15.8 Å². The molecular weight excluding hydrogens is 228 g/mol. The van der Waals surface area contributed by atoms with Gasteiger partial charge >= 0.3 is 5.97 Å². The third-order valence-electron chi connectivity index (χ3n) is 3.43. The molecule has 1 aromatic heterocycles. The Morgan fingerprint density at radius 3 is 2.83 bits per heavy atom. The molecule has 0 saturated heterocycles. The number of rotatable bonds is 4. The van der Waals surface area contributed by atoms with Crippen molar-refractivity contribution in [2.75, 3.05) is 0 Å². The standard InChI is InChI=1S/C14H18N2O2/c1-8-9(2)16-13-5-3-10(7-11(8)13)12(15)4-6-14(17)18/h3,5,7,12,16H,4,6,15H2,1-2H3,(H,17,18). The molecular formula is C14H18N2O2. The van der Waals surface area contributed by atoms with E-state index in [4.69, 9.17) is 10.8 Å². The molecule has 2 rings (SSSR count). The monoisotopic (exact) mass is 246 g/mol. The van der Waals surface area contributed by atoms with Crippen molar-refractivity contribution < 1.29 is 9.90 Å². The maximum absolute atomic E-state index is 10.5. The lowest BCUT2D eigenvalue weighted by molar-refractivity contribution is -0.137. The summed E-state index contributed by atoms with van der Waals surface area (Å²) in [6.45, 7) is 4.11. The van der Waals surface area contributed by atoms with Gasteiger partial charge in [0.1, 0.15) is 0 Å². The summed E-state index contributed by atoms with van der Waals surface area (Å²) in [6, 6.07) is 5.80. The van der Waals surface area contributed by atoms with Crippen molar-refractivity contribution >= 4 is 16.9 Å². The van der Waals surface area contributed by atoms with E-state index in [9.17, 15) is 4.79 Å². The highest BCUT2D eigenvalue weighted by Gasteiger charge is 2.11. The first kappa shape index (κ1) is 12.6. The molecule has 1 unspecified atom stereocenters. The maximum Gasteiger partial charge on any atom is 0.303 e. The van der Waals surface area contributed by atoms with Gasteiger partial charge in [0.15, 0.2) is 0 Å². The Morgan fingerprint density at radius 1 is 1.44 bits per heavy atom. The van der Waals surface area contributed by atoms with Gasteiger partial charge in [0.25, 0.3) is 0 Å². The Kier molecular flexibility index (Phi) is 3.39. The normalized spacial score (nSPS) is 12.8. The number of aryl methyl sites for hydroxylation is 2. The first-order valence-corrected chi connectivity index (χ1v) is 6.05. The van der Waals surface area contributed by atoms with Crippen LogP contribution in [0, 0.1) is 13.8 Å². The van der Waals surface area contributed by atoms with E-state index in [0.29, 0.717) is 6.42 Å². The van der Waals surface area contributed by atoms with Crippen LogP contribution in [0.15, 0.2) is 18.2 Å². The molecule has 2 aromatic rings. The zero-order chi connectivity index (χ0) is 13.3. The smallest absolute Gasteiger partial charge is 0.303 e. The number of carboxylic acids is 1. The number of hydrogen-bond acceptors (Lipinski definition) is 2. The number of aromatic nitrogens is 1. The van der Waals surface area contributed by atoms with Crippen LogP contribution in [0.4, 0.5) is 0 Å². The summed E-state index contributed by atoms with van der Waals surface area (Å²) in [6.07, 6.45) is 0.563. The van der Waals surface area contributed by atoms with Crippen LogP contribution in [0.5, 0.6) is 0 Å². The first-order valence-electron chi connectivity index (χ1n) is 6.05. The van der Waals surface area contributed by atoms with Gasteiger partial charge in [0.2, 0.25) is 0 Å². The molecule has 1 aromatic carbocycles. The van der Waals surface area contributed by atoms with Crippen LogP contribution in [0.25, 0.3) is 10.9 Å². The maximum atomic E-state index is 10.5. The predicted octanol–water partition coefficient (Wildman–Crippen LogP) is 2.65. The number of fused-ring (bicyclic) bond motifs is 1. The second-order valence-corrected chi connectivity index (χ2v) is 4.72. The number of nitrogens with one attached hydrogen (secondary N) is 1. The summed E-state index contributed by atoms with van der Waals surface area (Å²) in [7, 11) is 0. The van der Waals surface area contributed by atoms with Crippen molar-refractivity contribution in [1.82, 2.24) is 4.98 Å².